The first-order valence-corrected chi connectivity index (χ1v) is 6.16. The monoisotopic (exact) mass is 279 g/mol. The molecule has 1 unspecified atom stereocenters. The number of rotatable bonds is 4. The molecule has 2 N–H and O–H groups in total. The van der Waals surface area contributed by atoms with E-state index < -0.39 is 12.0 Å². The summed E-state index contributed by atoms with van der Waals surface area (Å²) in [6.45, 7) is 0. The maximum atomic E-state index is 11.2. The molecule has 0 radical (unpaired) electrons. The van der Waals surface area contributed by atoms with E-state index >= 15 is 0 Å². The van der Waals surface area contributed by atoms with Gasteiger partial charge < -0.3 is 14.9 Å². The number of esters is 1. The van der Waals surface area contributed by atoms with Crippen molar-refractivity contribution in [3.63, 3.8) is 0 Å². The number of hydrogen-bond donors (Lipinski definition) is 1. The van der Waals surface area contributed by atoms with Crippen molar-refractivity contribution in [3.05, 3.63) is 47.2 Å². The van der Waals surface area contributed by atoms with E-state index in [1.165, 1.54) is 7.11 Å². The molecular formula is C14H14ClNO3. The third-order valence-corrected chi connectivity index (χ3v) is 3.06. The zero-order valence-corrected chi connectivity index (χ0v) is 11.2. The molecule has 0 aliphatic carbocycles. The van der Waals surface area contributed by atoms with E-state index in [9.17, 15) is 4.79 Å². The average Bonchev–Trinajstić information content (AvgIpc) is 2.86. The van der Waals surface area contributed by atoms with Gasteiger partial charge in [-0.25, -0.2) is 0 Å². The average molecular weight is 280 g/mol. The normalized spacial score (nSPS) is 12.2. The molecule has 2 aromatic rings. The van der Waals surface area contributed by atoms with Crippen LogP contribution in [-0.2, 0) is 16.0 Å². The largest absolute Gasteiger partial charge is 0.468 e. The van der Waals surface area contributed by atoms with Crippen LogP contribution in [0.15, 0.2) is 40.8 Å². The number of halogens is 1. The molecule has 0 aliphatic heterocycles. The molecule has 0 saturated heterocycles. The van der Waals surface area contributed by atoms with E-state index in [0.717, 1.165) is 5.56 Å². The number of ether oxygens (including phenoxy) is 1. The molecule has 1 atom stereocenters. The van der Waals surface area contributed by atoms with Gasteiger partial charge in [-0.05, 0) is 24.3 Å². The first-order chi connectivity index (χ1) is 9.11. The van der Waals surface area contributed by atoms with Crippen LogP contribution < -0.4 is 5.73 Å². The van der Waals surface area contributed by atoms with Gasteiger partial charge in [0.2, 0.25) is 0 Å². The van der Waals surface area contributed by atoms with Crippen molar-refractivity contribution in [2.45, 2.75) is 12.5 Å². The van der Waals surface area contributed by atoms with E-state index in [4.69, 9.17) is 21.8 Å². The Labute approximate surface area is 116 Å². The van der Waals surface area contributed by atoms with Crippen LogP contribution in [0, 0.1) is 0 Å². The Morgan fingerprint density at radius 2 is 2.11 bits per heavy atom. The highest BCUT2D eigenvalue weighted by molar-refractivity contribution is 6.33. The minimum atomic E-state index is -0.727. The molecule has 19 heavy (non-hydrogen) atoms. The van der Waals surface area contributed by atoms with Gasteiger partial charge in [0.1, 0.15) is 17.6 Å². The Morgan fingerprint density at radius 3 is 2.79 bits per heavy atom. The van der Waals surface area contributed by atoms with Crippen LogP contribution in [-0.4, -0.2) is 19.1 Å². The SMILES string of the molecule is COC(=O)C(N)Cc1ccc(-c2ccccc2Cl)o1. The first-order valence-electron chi connectivity index (χ1n) is 5.79. The van der Waals surface area contributed by atoms with E-state index in [2.05, 4.69) is 4.74 Å². The van der Waals surface area contributed by atoms with Gasteiger partial charge in [0.25, 0.3) is 0 Å². The molecule has 4 nitrogen and oxygen atoms in total. The molecule has 1 aromatic heterocycles. The molecule has 100 valence electrons. The highest BCUT2D eigenvalue weighted by Gasteiger charge is 2.17. The molecule has 0 saturated carbocycles. The lowest BCUT2D eigenvalue weighted by atomic mass is 10.2. The zero-order valence-electron chi connectivity index (χ0n) is 10.4. The quantitative estimate of drug-likeness (QED) is 0.874. The third-order valence-electron chi connectivity index (χ3n) is 2.73. The standard InChI is InChI=1S/C14H14ClNO3/c1-18-14(17)12(16)8-9-6-7-13(19-9)10-4-2-3-5-11(10)15/h2-7,12H,8,16H2,1H3. The topological polar surface area (TPSA) is 65.5 Å². The third kappa shape index (κ3) is 3.16. The molecule has 2 rings (SSSR count). The molecule has 0 aliphatic rings. The second kappa shape index (κ2) is 5.91. The van der Waals surface area contributed by atoms with E-state index in [-0.39, 0.29) is 6.42 Å². The fourth-order valence-corrected chi connectivity index (χ4v) is 1.97. The van der Waals surface area contributed by atoms with Gasteiger partial charge in [-0.3, -0.25) is 4.79 Å². The summed E-state index contributed by atoms with van der Waals surface area (Å²) in [6.07, 6.45) is 0.289. The molecule has 0 spiro atoms. The van der Waals surface area contributed by atoms with Crippen LogP contribution in [0.1, 0.15) is 5.76 Å². The minimum Gasteiger partial charge on any atom is -0.468 e. The van der Waals surface area contributed by atoms with Crippen molar-refractivity contribution in [3.8, 4) is 11.3 Å². The predicted octanol–water partition coefficient (Wildman–Crippen LogP) is 2.64. The lowest BCUT2D eigenvalue weighted by Crippen LogP contribution is -2.33. The molecule has 5 heteroatoms. The highest BCUT2D eigenvalue weighted by Crippen LogP contribution is 2.29. The van der Waals surface area contributed by atoms with E-state index in [1.54, 1.807) is 18.2 Å². The Kier molecular flexibility index (Phi) is 4.24. The van der Waals surface area contributed by atoms with E-state index in [0.29, 0.717) is 16.5 Å². The summed E-state index contributed by atoms with van der Waals surface area (Å²) in [5.41, 5.74) is 6.48. The van der Waals surface area contributed by atoms with Crippen LogP contribution >= 0.6 is 11.6 Å². The fraction of sp³-hybridized carbons (Fsp3) is 0.214. The number of nitrogens with two attached hydrogens (primary N) is 1. The number of benzene rings is 1. The lowest BCUT2D eigenvalue weighted by molar-refractivity contribution is -0.142. The number of furan rings is 1. The Balaban J connectivity index is 2.16. The van der Waals surface area contributed by atoms with Crippen LogP contribution in [0.25, 0.3) is 11.3 Å². The summed E-state index contributed by atoms with van der Waals surface area (Å²) in [5, 5.41) is 0.612. The lowest BCUT2D eigenvalue weighted by Gasteiger charge is -2.06. The van der Waals surface area contributed by atoms with Gasteiger partial charge >= 0.3 is 5.97 Å². The van der Waals surface area contributed by atoms with Gasteiger partial charge in [-0.2, -0.15) is 0 Å². The molecule has 0 amide bonds. The van der Waals surface area contributed by atoms with Crippen molar-refractivity contribution in [2.75, 3.05) is 7.11 Å². The Morgan fingerprint density at radius 1 is 1.37 bits per heavy atom. The second-order valence-corrected chi connectivity index (χ2v) is 4.49. The number of methoxy groups -OCH3 is 1. The fourth-order valence-electron chi connectivity index (χ4n) is 1.74. The van der Waals surface area contributed by atoms with Crippen molar-refractivity contribution in [2.24, 2.45) is 5.73 Å². The van der Waals surface area contributed by atoms with Crippen LogP contribution in [0.2, 0.25) is 5.02 Å². The van der Waals surface area contributed by atoms with E-state index in [1.807, 2.05) is 18.2 Å². The number of hydrogen-bond acceptors (Lipinski definition) is 4. The predicted molar refractivity (Wildman–Crippen MR) is 72.8 cm³/mol. The van der Waals surface area contributed by atoms with Crippen LogP contribution in [0.5, 0.6) is 0 Å². The van der Waals surface area contributed by atoms with Crippen LogP contribution in [0.4, 0.5) is 0 Å². The van der Waals surface area contributed by atoms with Crippen LogP contribution in [0.3, 0.4) is 0 Å². The highest BCUT2D eigenvalue weighted by atomic mass is 35.5. The maximum Gasteiger partial charge on any atom is 0.323 e. The smallest absolute Gasteiger partial charge is 0.323 e. The molecule has 0 fully saturated rings. The molecule has 1 aromatic carbocycles. The van der Waals surface area contributed by atoms with Gasteiger partial charge in [-0.1, -0.05) is 23.7 Å². The van der Waals surface area contributed by atoms with Gasteiger partial charge in [-0.15, -0.1) is 0 Å². The van der Waals surface area contributed by atoms with Gasteiger partial charge in [0, 0.05) is 12.0 Å². The van der Waals surface area contributed by atoms with Gasteiger partial charge in [0.05, 0.1) is 12.1 Å². The van der Waals surface area contributed by atoms with Crippen molar-refractivity contribution in [1.29, 1.82) is 0 Å². The maximum absolute atomic E-state index is 11.2. The van der Waals surface area contributed by atoms with Crippen molar-refractivity contribution < 1.29 is 13.9 Å². The summed E-state index contributed by atoms with van der Waals surface area (Å²) < 4.78 is 10.2. The molecular weight excluding hydrogens is 266 g/mol. The molecule has 1 heterocycles. The summed E-state index contributed by atoms with van der Waals surface area (Å²) in [4.78, 5) is 11.2. The van der Waals surface area contributed by atoms with Crippen molar-refractivity contribution >= 4 is 17.6 Å². The summed E-state index contributed by atoms with van der Waals surface area (Å²) in [7, 11) is 1.31. The summed E-state index contributed by atoms with van der Waals surface area (Å²) >= 11 is 6.09. The number of carbonyl (C=O) groups excluding carboxylic acids is 1. The summed E-state index contributed by atoms with van der Waals surface area (Å²) in [5.74, 6) is 0.807. The molecule has 0 bridgehead atoms. The minimum absolute atomic E-state index is 0.289. The van der Waals surface area contributed by atoms with Crippen molar-refractivity contribution in [1.82, 2.24) is 0 Å². The van der Waals surface area contributed by atoms with Gasteiger partial charge in [0.15, 0.2) is 0 Å². The number of carbonyl (C=O) groups is 1. The Bertz CT molecular complexity index is 580. The second-order valence-electron chi connectivity index (χ2n) is 4.08. The summed E-state index contributed by atoms with van der Waals surface area (Å²) in [6, 6.07) is 10.2. The first kappa shape index (κ1) is 13.6. The zero-order chi connectivity index (χ0) is 13.8. The Hall–Kier alpha value is -1.78.